The van der Waals surface area contributed by atoms with Gasteiger partial charge in [0.25, 0.3) is 0 Å². The van der Waals surface area contributed by atoms with E-state index in [1.807, 2.05) is 20.8 Å². The predicted octanol–water partition coefficient (Wildman–Crippen LogP) is 2.27. The van der Waals surface area contributed by atoms with Gasteiger partial charge in [0.2, 0.25) is 15.9 Å². The molecular weight excluding hydrogens is 276 g/mol. The summed E-state index contributed by atoms with van der Waals surface area (Å²) < 4.78 is 23.1. The molecule has 1 aromatic rings. The molecule has 0 fully saturated rings. The number of anilines is 1. The molecular formula is C14H22N2O3S. The van der Waals surface area contributed by atoms with Crippen molar-refractivity contribution in [3.8, 4) is 0 Å². The Morgan fingerprint density at radius 3 is 2.50 bits per heavy atom. The maximum absolute atomic E-state index is 11.7. The Balaban J connectivity index is 2.90. The number of nitrogens with two attached hydrogens (primary N) is 1. The summed E-state index contributed by atoms with van der Waals surface area (Å²) in [4.78, 5) is 11.8. The molecule has 0 aliphatic rings. The quantitative estimate of drug-likeness (QED) is 0.844. The summed E-state index contributed by atoms with van der Waals surface area (Å²) in [5.41, 5.74) is 1.10. The number of nitrogens with one attached hydrogen (secondary N) is 1. The van der Waals surface area contributed by atoms with Crippen LogP contribution in [-0.2, 0) is 21.2 Å². The number of carbonyl (C=O) groups excluding carboxylic acids is 1. The third-order valence-electron chi connectivity index (χ3n) is 2.99. The molecule has 0 unspecified atom stereocenters. The second-order valence-corrected chi connectivity index (χ2v) is 6.73. The first-order valence-electron chi connectivity index (χ1n) is 6.69. The summed E-state index contributed by atoms with van der Waals surface area (Å²) in [6.45, 7) is 5.94. The summed E-state index contributed by atoms with van der Waals surface area (Å²) in [7, 11) is -3.78. The van der Waals surface area contributed by atoms with Crippen molar-refractivity contribution in [2.24, 2.45) is 11.1 Å². The van der Waals surface area contributed by atoms with Gasteiger partial charge in [-0.2, -0.15) is 0 Å². The van der Waals surface area contributed by atoms with Crippen LogP contribution in [0.15, 0.2) is 23.1 Å². The Kier molecular flexibility index (Phi) is 5.71. The van der Waals surface area contributed by atoms with Crippen molar-refractivity contribution in [1.29, 1.82) is 0 Å². The fourth-order valence-corrected chi connectivity index (χ4v) is 2.70. The molecule has 1 aromatic carbocycles. The number of rotatable bonds is 6. The van der Waals surface area contributed by atoms with E-state index in [1.165, 1.54) is 6.07 Å². The van der Waals surface area contributed by atoms with Crippen LogP contribution in [0.25, 0.3) is 0 Å². The van der Waals surface area contributed by atoms with Gasteiger partial charge in [-0.05, 0) is 36.5 Å². The largest absolute Gasteiger partial charge is 0.326 e. The normalized spacial score (nSPS) is 11.7. The topological polar surface area (TPSA) is 89.3 Å². The van der Waals surface area contributed by atoms with E-state index >= 15 is 0 Å². The van der Waals surface area contributed by atoms with Gasteiger partial charge in [-0.3, -0.25) is 4.79 Å². The van der Waals surface area contributed by atoms with Gasteiger partial charge < -0.3 is 5.32 Å². The molecule has 0 saturated carbocycles. The van der Waals surface area contributed by atoms with E-state index in [-0.39, 0.29) is 10.8 Å². The first kappa shape index (κ1) is 16.7. The smallest absolute Gasteiger partial charge is 0.238 e. The highest BCUT2D eigenvalue weighted by Crippen LogP contribution is 2.20. The van der Waals surface area contributed by atoms with E-state index in [2.05, 4.69) is 5.32 Å². The van der Waals surface area contributed by atoms with Gasteiger partial charge in [0, 0.05) is 12.1 Å². The van der Waals surface area contributed by atoms with Gasteiger partial charge in [0.15, 0.2) is 0 Å². The zero-order valence-corrected chi connectivity index (χ0v) is 13.0. The summed E-state index contributed by atoms with van der Waals surface area (Å²) in [5.74, 6) is 0.325. The summed E-state index contributed by atoms with van der Waals surface area (Å²) in [6, 6.07) is 4.79. The number of aryl methyl sites for hydroxylation is 1. The number of amides is 1. The standard InChI is InChI=1S/C14H22N2O3S/c1-4-11-6-7-12(9-13(11)20(15,18)19)16-14(17)8-5-10(2)3/h6-7,9-10H,4-5,8H2,1-3H3,(H,16,17)(H2,15,18,19). The van der Waals surface area contributed by atoms with Crippen LogP contribution in [0.4, 0.5) is 5.69 Å². The maximum Gasteiger partial charge on any atom is 0.238 e. The molecule has 0 heterocycles. The lowest BCUT2D eigenvalue weighted by Gasteiger charge is -2.10. The molecule has 112 valence electrons. The molecule has 0 radical (unpaired) electrons. The minimum atomic E-state index is -3.78. The van der Waals surface area contributed by atoms with Crippen LogP contribution in [0.5, 0.6) is 0 Å². The van der Waals surface area contributed by atoms with Gasteiger partial charge in [-0.1, -0.05) is 26.8 Å². The molecule has 0 aromatic heterocycles. The zero-order chi connectivity index (χ0) is 15.3. The van der Waals surface area contributed by atoms with Gasteiger partial charge in [0.05, 0.1) is 4.90 Å². The molecule has 0 atom stereocenters. The average molecular weight is 298 g/mol. The molecule has 0 spiro atoms. The SMILES string of the molecule is CCc1ccc(NC(=O)CCC(C)C)cc1S(N)(=O)=O. The lowest BCUT2D eigenvalue weighted by atomic mass is 10.1. The van der Waals surface area contributed by atoms with E-state index in [0.717, 1.165) is 6.42 Å². The first-order valence-corrected chi connectivity index (χ1v) is 8.24. The van der Waals surface area contributed by atoms with E-state index < -0.39 is 10.0 Å². The average Bonchev–Trinajstić information content (AvgIpc) is 2.35. The van der Waals surface area contributed by atoms with Crippen LogP contribution in [0.2, 0.25) is 0 Å². The Hall–Kier alpha value is -1.40. The third kappa shape index (κ3) is 4.94. The molecule has 5 nitrogen and oxygen atoms in total. The number of hydrogen-bond acceptors (Lipinski definition) is 3. The van der Waals surface area contributed by atoms with Crippen LogP contribution in [-0.4, -0.2) is 14.3 Å². The lowest BCUT2D eigenvalue weighted by molar-refractivity contribution is -0.116. The van der Waals surface area contributed by atoms with Crippen molar-refractivity contribution >= 4 is 21.6 Å². The minimum Gasteiger partial charge on any atom is -0.326 e. The molecule has 6 heteroatoms. The number of primary sulfonamides is 1. The van der Waals surface area contributed by atoms with Crippen molar-refractivity contribution in [3.05, 3.63) is 23.8 Å². The summed E-state index contributed by atoms with van der Waals surface area (Å²) in [5, 5.41) is 7.89. The molecule has 0 aliphatic carbocycles. The van der Waals surface area contributed by atoms with Crippen LogP contribution < -0.4 is 10.5 Å². The fourth-order valence-electron chi connectivity index (χ4n) is 1.83. The zero-order valence-electron chi connectivity index (χ0n) is 12.1. The van der Waals surface area contributed by atoms with Crippen LogP contribution in [0.3, 0.4) is 0 Å². The highest BCUT2D eigenvalue weighted by atomic mass is 32.2. The fraction of sp³-hybridized carbons (Fsp3) is 0.500. The number of hydrogen-bond donors (Lipinski definition) is 2. The lowest BCUT2D eigenvalue weighted by Crippen LogP contribution is -2.16. The highest BCUT2D eigenvalue weighted by Gasteiger charge is 2.14. The van der Waals surface area contributed by atoms with Crippen molar-refractivity contribution in [2.45, 2.75) is 44.9 Å². The first-order chi connectivity index (χ1) is 9.24. The van der Waals surface area contributed by atoms with E-state index in [1.54, 1.807) is 12.1 Å². The maximum atomic E-state index is 11.7. The third-order valence-corrected chi connectivity index (χ3v) is 3.98. The Bertz CT molecular complexity index is 580. The Morgan fingerprint density at radius 2 is 2.00 bits per heavy atom. The summed E-state index contributed by atoms with van der Waals surface area (Å²) in [6.07, 6.45) is 1.77. The molecule has 1 amide bonds. The minimum absolute atomic E-state index is 0.0710. The van der Waals surface area contributed by atoms with Crippen molar-refractivity contribution in [3.63, 3.8) is 0 Å². The van der Waals surface area contributed by atoms with Gasteiger partial charge >= 0.3 is 0 Å². The second kappa shape index (κ2) is 6.85. The Labute approximate surface area is 120 Å². The Morgan fingerprint density at radius 1 is 1.35 bits per heavy atom. The molecule has 20 heavy (non-hydrogen) atoms. The predicted molar refractivity (Wildman–Crippen MR) is 79.9 cm³/mol. The van der Waals surface area contributed by atoms with E-state index in [0.29, 0.717) is 30.0 Å². The number of carbonyl (C=O) groups is 1. The van der Waals surface area contributed by atoms with E-state index in [4.69, 9.17) is 5.14 Å². The monoisotopic (exact) mass is 298 g/mol. The second-order valence-electron chi connectivity index (χ2n) is 5.20. The van der Waals surface area contributed by atoms with E-state index in [9.17, 15) is 13.2 Å². The van der Waals surface area contributed by atoms with Crippen molar-refractivity contribution < 1.29 is 13.2 Å². The van der Waals surface area contributed by atoms with Crippen LogP contribution in [0, 0.1) is 5.92 Å². The van der Waals surface area contributed by atoms with Crippen molar-refractivity contribution in [2.75, 3.05) is 5.32 Å². The molecule has 0 aliphatic heterocycles. The number of sulfonamides is 1. The molecule has 3 N–H and O–H groups in total. The van der Waals surface area contributed by atoms with Crippen LogP contribution >= 0.6 is 0 Å². The van der Waals surface area contributed by atoms with Gasteiger partial charge in [-0.25, -0.2) is 13.6 Å². The van der Waals surface area contributed by atoms with Crippen molar-refractivity contribution in [1.82, 2.24) is 0 Å². The number of benzene rings is 1. The molecule has 0 bridgehead atoms. The molecule has 1 rings (SSSR count). The molecule has 0 saturated heterocycles. The van der Waals surface area contributed by atoms with Crippen LogP contribution in [0.1, 0.15) is 39.2 Å². The highest BCUT2D eigenvalue weighted by molar-refractivity contribution is 7.89. The summed E-state index contributed by atoms with van der Waals surface area (Å²) >= 11 is 0. The van der Waals surface area contributed by atoms with Gasteiger partial charge in [0.1, 0.15) is 0 Å². The van der Waals surface area contributed by atoms with Gasteiger partial charge in [-0.15, -0.1) is 0 Å².